The standard InChI is InChI=1S/C9H9NO3S/c11-8(9(12)13)10-14-6-7-4-2-1-3-5-7/h1-5H,6H2,(H,10,11)(H,12,13). The third-order valence-electron chi connectivity index (χ3n) is 1.44. The van der Waals surface area contributed by atoms with Crippen molar-refractivity contribution >= 4 is 23.8 Å². The summed E-state index contributed by atoms with van der Waals surface area (Å²) in [7, 11) is 0. The van der Waals surface area contributed by atoms with Crippen molar-refractivity contribution in [2.75, 3.05) is 0 Å². The molecule has 0 heterocycles. The highest BCUT2D eigenvalue weighted by Crippen LogP contribution is 2.07. The molecule has 0 bridgehead atoms. The van der Waals surface area contributed by atoms with Gasteiger partial charge in [-0.3, -0.25) is 9.52 Å². The Morgan fingerprint density at radius 3 is 2.50 bits per heavy atom. The fourth-order valence-electron chi connectivity index (χ4n) is 0.803. The third-order valence-corrected chi connectivity index (χ3v) is 2.25. The summed E-state index contributed by atoms with van der Waals surface area (Å²) in [6, 6.07) is 9.47. The van der Waals surface area contributed by atoms with Gasteiger partial charge in [-0.15, -0.1) is 0 Å². The van der Waals surface area contributed by atoms with Crippen LogP contribution in [0.1, 0.15) is 5.56 Å². The third kappa shape index (κ3) is 3.49. The first-order valence-electron chi connectivity index (χ1n) is 3.89. The number of rotatable bonds is 3. The highest BCUT2D eigenvalue weighted by molar-refractivity contribution is 7.97. The maximum Gasteiger partial charge on any atom is 0.395 e. The van der Waals surface area contributed by atoms with Gasteiger partial charge in [0.05, 0.1) is 0 Å². The molecule has 0 aliphatic carbocycles. The van der Waals surface area contributed by atoms with Crippen LogP contribution in [-0.4, -0.2) is 17.0 Å². The molecular weight excluding hydrogens is 202 g/mol. The summed E-state index contributed by atoms with van der Waals surface area (Å²) in [5.74, 6) is -1.91. The van der Waals surface area contributed by atoms with E-state index in [0.29, 0.717) is 5.75 Å². The van der Waals surface area contributed by atoms with Gasteiger partial charge in [-0.2, -0.15) is 0 Å². The van der Waals surface area contributed by atoms with E-state index in [2.05, 4.69) is 4.72 Å². The summed E-state index contributed by atoms with van der Waals surface area (Å²) in [6.07, 6.45) is 0. The minimum Gasteiger partial charge on any atom is -0.474 e. The molecule has 1 aromatic carbocycles. The highest BCUT2D eigenvalue weighted by atomic mass is 32.2. The van der Waals surface area contributed by atoms with Gasteiger partial charge in [0.2, 0.25) is 0 Å². The second kappa shape index (κ2) is 5.29. The first-order valence-corrected chi connectivity index (χ1v) is 4.87. The van der Waals surface area contributed by atoms with E-state index in [-0.39, 0.29) is 0 Å². The predicted molar refractivity (Wildman–Crippen MR) is 53.5 cm³/mol. The van der Waals surface area contributed by atoms with Gasteiger partial charge < -0.3 is 5.11 Å². The molecule has 1 rings (SSSR count). The molecule has 0 unspecified atom stereocenters. The van der Waals surface area contributed by atoms with E-state index >= 15 is 0 Å². The molecule has 74 valence electrons. The molecule has 2 N–H and O–H groups in total. The summed E-state index contributed by atoms with van der Waals surface area (Å²) in [4.78, 5) is 20.7. The van der Waals surface area contributed by atoms with Crippen LogP contribution in [0.15, 0.2) is 30.3 Å². The summed E-state index contributed by atoms with van der Waals surface area (Å²) < 4.78 is 2.21. The molecule has 0 spiro atoms. The SMILES string of the molecule is O=C(O)C(=O)NSCc1ccccc1. The van der Waals surface area contributed by atoms with Crippen molar-refractivity contribution in [3.63, 3.8) is 0 Å². The van der Waals surface area contributed by atoms with Gasteiger partial charge in [0.1, 0.15) is 0 Å². The van der Waals surface area contributed by atoms with Gasteiger partial charge in [0, 0.05) is 5.75 Å². The van der Waals surface area contributed by atoms with Crippen molar-refractivity contribution in [1.82, 2.24) is 4.72 Å². The van der Waals surface area contributed by atoms with E-state index in [4.69, 9.17) is 5.11 Å². The monoisotopic (exact) mass is 211 g/mol. The molecule has 0 aliphatic rings. The van der Waals surface area contributed by atoms with E-state index < -0.39 is 11.9 Å². The number of carboxylic acids is 1. The molecule has 0 fully saturated rings. The Hall–Kier alpha value is -1.49. The van der Waals surface area contributed by atoms with E-state index in [0.717, 1.165) is 17.5 Å². The number of carbonyl (C=O) groups is 2. The summed E-state index contributed by atoms with van der Waals surface area (Å²) >= 11 is 1.06. The number of carbonyl (C=O) groups excluding carboxylic acids is 1. The van der Waals surface area contributed by atoms with Gasteiger partial charge in [0.25, 0.3) is 0 Å². The van der Waals surface area contributed by atoms with Gasteiger partial charge in [0.15, 0.2) is 0 Å². The van der Waals surface area contributed by atoms with Crippen LogP contribution in [0, 0.1) is 0 Å². The van der Waals surface area contributed by atoms with E-state index in [1.807, 2.05) is 30.3 Å². The topological polar surface area (TPSA) is 66.4 Å². The lowest BCUT2D eigenvalue weighted by atomic mass is 10.2. The highest BCUT2D eigenvalue weighted by Gasteiger charge is 2.09. The minimum atomic E-state index is -1.47. The smallest absolute Gasteiger partial charge is 0.395 e. The zero-order chi connectivity index (χ0) is 10.4. The molecule has 0 saturated heterocycles. The predicted octanol–water partition coefficient (Wildman–Crippen LogP) is 1.04. The Morgan fingerprint density at radius 1 is 1.29 bits per heavy atom. The molecule has 5 heteroatoms. The fraction of sp³-hybridized carbons (Fsp3) is 0.111. The number of hydrogen-bond acceptors (Lipinski definition) is 3. The largest absolute Gasteiger partial charge is 0.474 e. The molecule has 0 aliphatic heterocycles. The van der Waals surface area contributed by atoms with Crippen LogP contribution in [0.2, 0.25) is 0 Å². The Labute approximate surface area is 85.5 Å². The number of nitrogens with one attached hydrogen (secondary N) is 1. The second-order valence-corrected chi connectivity index (χ2v) is 3.29. The Kier molecular flexibility index (Phi) is 4.00. The Bertz CT molecular complexity index is 326. The van der Waals surface area contributed by atoms with Crippen LogP contribution in [0.5, 0.6) is 0 Å². The number of benzene rings is 1. The van der Waals surface area contributed by atoms with Crippen LogP contribution in [0.3, 0.4) is 0 Å². The molecule has 0 saturated carbocycles. The minimum absolute atomic E-state index is 0.555. The molecule has 0 atom stereocenters. The Balaban J connectivity index is 2.29. The van der Waals surface area contributed by atoms with Crippen LogP contribution >= 0.6 is 11.9 Å². The van der Waals surface area contributed by atoms with E-state index in [9.17, 15) is 9.59 Å². The van der Waals surface area contributed by atoms with Crippen LogP contribution < -0.4 is 4.72 Å². The summed E-state index contributed by atoms with van der Waals surface area (Å²) in [5, 5.41) is 8.25. The van der Waals surface area contributed by atoms with Crippen molar-refractivity contribution in [3.8, 4) is 0 Å². The summed E-state index contributed by atoms with van der Waals surface area (Å²) in [5.41, 5.74) is 1.03. The average Bonchev–Trinajstić information content (AvgIpc) is 2.19. The van der Waals surface area contributed by atoms with Crippen molar-refractivity contribution in [2.24, 2.45) is 0 Å². The zero-order valence-corrected chi connectivity index (χ0v) is 8.08. The van der Waals surface area contributed by atoms with Gasteiger partial charge in [-0.25, -0.2) is 4.79 Å². The quantitative estimate of drug-likeness (QED) is 0.579. The molecule has 4 nitrogen and oxygen atoms in total. The lowest BCUT2D eigenvalue weighted by molar-refractivity contribution is -0.149. The lowest BCUT2D eigenvalue weighted by Crippen LogP contribution is -2.25. The molecule has 14 heavy (non-hydrogen) atoms. The normalized spacial score (nSPS) is 9.43. The van der Waals surface area contributed by atoms with Gasteiger partial charge >= 0.3 is 11.9 Å². The first kappa shape index (κ1) is 10.6. The first-order chi connectivity index (χ1) is 6.70. The van der Waals surface area contributed by atoms with Gasteiger partial charge in [-0.05, 0) is 17.5 Å². The molecule has 1 amide bonds. The van der Waals surface area contributed by atoms with Crippen molar-refractivity contribution in [3.05, 3.63) is 35.9 Å². The van der Waals surface area contributed by atoms with Crippen molar-refractivity contribution in [1.29, 1.82) is 0 Å². The average molecular weight is 211 g/mol. The molecule has 0 aromatic heterocycles. The number of amides is 1. The van der Waals surface area contributed by atoms with Crippen LogP contribution in [-0.2, 0) is 15.3 Å². The number of carboxylic acid groups (broad SMARTS) is 1. The van der Waals surface area contributed by atoms with Crippen molar-refractivity contribution in [2.45, 2.75) is 5.75 Å². The van der Waals surface area contributed by atoms with Crippen molar-refractivity contribution < 1.29 is 14.7 Å². The zero-order valence-electron chi connectivity index (χ0n) is 7.27. The molecule has 1 aromatic rings. The molecule has 0 radical (unpaired) electrons. The second-order valence-electron chi connectivity index (χ2n) is 2.51. The number of hydrogen-bond donors (Lipinski definition) is 2. The maximum atomic E-state index is 10.6. The van der Waals surface area contributed by atoms with Gasteiger partial charge in [-0.1, -0.05) is 30.3 Å². The van der Waals surface area contributed by atoms with E-state index in [1.54, 1.807) is 0 Å². The lowest BCUT2D eigenvalue weighted by Gasteiger charge is -2.00. The van der Waals surface area contributed by atoms with Crippen LogP contribution in [0.25, 0.3) is 0 Å². The molecular formula is C9H9NO3S. The maximum absolute atomic E-state index is 10.6. The Morgan fingerprint density at radius 2 is 1.93 bits per heavy atom. The number of aliphatic carboxylic acids is 1. The van der Waals surface area contributed by atoms with Crippen LogP contribution in [0.4, 0.5) is 0 Å². The van der Waals surface area contributed by atoms with E-state index in [1.165, 1.54) is 0 Å². The summed E-state index contributed by atoms with van der Waals surface area (Å²) in [6.45, 7) is 0. The fourth-order valence-corrected chi connectivity index (χ4v) is 1.45.